The van der Waals surface area contributed by atoms with Gasteiger partial charge in [0, 0.05) is 32.4 Å². The largest absolute Gasteiger partial charge is 0.338 e. The fourth-order valence-electron chi connectivity index (χ4n) is 2.78. The van der Waals surface area contributed by atoms with E-state index in [1.54, 1.807) is 0 Å². The number of nitrogens with zero attached hydrogens (tertiary/aromatic N) is 4. The molecule has 3 rings (SSSR count). The van der Waals surface area contributed by atoms with Gasteiger partial charge in [-0.05, 0) is 18.2 Å². The molecule has 14 heteroatoms. The van der Waals surface area contributed by atoms with Crippen molar-refractivity contribution < 1.29 is 26.0 Å². The van der Waals surface area contributed by atoms with Crippen molar-refractivity contribution in [1.29, 1.82) is 0 Å². The second-order valence-corrected chi connectivity index (χ2v) is 10.2. The van der Waals surface area contributed by atoms with Crippen LogP contribution in [0.15, 0.2) is 40.4 Å². The van der Waals surface area contributed by atoms with Crippen molar-refractivity contribution >= 4 is 37.6 Å². The average Bonchev–Trinajstić information content (AvgIpc) is 3.13. The first-order valence-electron chi connectivity index (χ1n) is 8.27. The number of hydrogen-bond acceptors (Lipinski definition) is 6. The Hall–Kier alpha value is -2.06. The number of halogens is 2. The van der Waals surface area contributed by atoms with E-state index in [1.807, 2.05) is 0 Å². The zero-order valence-electron chi connectivity index (χ0n) is 14.9. The van der Waals surface area contributed by atoms with Crippen molar-refractivity contribution in [2.24, 2.45) is 5.14 Å². The third-order valence-electron chi connectivity index (χ3n) is 4.36. The summed E-state index contributed by atoms with van der Waals surface area (Å²) in [6.45, 7) is 0.150. The van der Waals surface area contributed by atoms with Gasteiger partial charge in [0.25, 0.3) is 0 Å². The number of rotatable bonds is 5. The summed E-state index contributed by atoms with van der Waals surface area (Å²) in [5.74, 6) is -1.07. The molecule has 0 saturated carbocycles. The van der Waals surface area contributed by atoms with E-state index in [0.29, 0.717) is 0 Å². The first-order chi connectivity index (χ1) is 13.5. The minimum atomic E-state index is -3.91. The highest BCUT2D eigenvalue weighted by atomic mass is 35.5. The highest BCUT2D eigenvalue weighted by molar-refractivity contribution is 7.89. The molecule has 0 radical (unpaired) electrons. The monoisotopic (exact) mass is 465 g/mol. The molecule has 29 heavy (non-hydrogen) atoms. The molecule has 1 aromatic carbocycles. The Morgan fingerprint density at radius 1 is 1.14 bits per heavy atom. The first kappa shape index (κ1) is 21.6. The molecule has 1 aromatic heterocycles. The summed E-state index contributed by atoms with van der Waals surface area (Å²) < 4.78 is 63.5. The Kier molecular flexibility index (Phi) is 5.96. The molecule has 10 nitrogen and oxygen atoms in total. The molecule has 1 fully saturated rings. The van der Waals surface area contributed by atoms with Crippen LogP contribution in [0.4, 0.5) is 4.39 Å². The highest BCUT2D eigenvalue weighted by Gasteiger charge is 2.30. The number of aromatic nitrogens is 2. The number of hydrogen-bond donors (Lipinski definition) is 1. The molecule has 0 aliphatic carbocycles. The number of carbonyl (C=O) groups excluding carboxylic acids is 1. The van der Waals surface area contributed by atoms with Gasteiger partial charge < -0.3 is 4.90 Å². The minimum Gasteiger partial charge on any atom is -0.338 e. The second kappa shape index (κ2) is 7.99. The van der Waals surface area contributed by atoms with Crippen molar-refractivity contribution in [3.05, 3.63) is 41.4 Å². The molecule has 1 amide bonds. The Balaban J connectivity index is 1.63. The summed E-state index contributed by atoms with van der Waals surface area (Å²) in [5, 5.41) is 8.49. The summed E-state index contributed by atoms with van der Waals surface area (Å²) in [7, 11) is -7.79. The summed E-state index contributed by atoms with van der Waals surface area (Å²) in [6.07, 6.45) is 2.19. The molecule has 0 spiro atoms. The molecule has 0 unspecified atom stereocenters. The Morgan fingerprint density at radius 2 is 1.79 bits per heavy atom. The fraction of sp³-hybridized carbons (Fsp3) is 0.333. The highest BCUT2D eigenvalue weighted by Crippen LogP contribution is 2.23. The lowest BCUT2D eigenvalue weighted by Crippen LogP contribution is -2.51. The molecule has 2 aromatic rings. The van der Waals surface area contributed by atoms with Crippen LogP contribution in [-0.4, -0.2) is 67.9 Å². The van der Waals surface area contributed by atoms with Gasteiger partial charge in [0.1, 0.15) is 17.3 Å². The third-order valence-corrected chi connectivity index (χ3v) is 7.41. The van der Waals surface area contributed by atoms with Gasteiger partial charge >= 0.3 is 0 Å². The van der Waals surface area contributed by atoms with E-state index in [9.17, 15) is 26.0 Å². The molecular weight excluding hydrogens is 449 g/mol. The molecule has 0 bridgehead atoms. The maximum Gasteiger partial charge on any atom is 0.244 e. The molecule has 0 atom stereocenters. The van der Waals surface area contributed by atoms with E-state index < -0.39 is 25.9 Å². The molecule has 1 aliphatic heterocycles. The molecule has 1 saturated heterocycles. The van der Waals surface area contributed by atoms with Gasteiger partial charge in [0.2, 0.25) is 26.0 Å². The lowest BCUT2D eigenvalue weighted by Gasteiger charge is -2.34. The SMILES string of the molecule is NS(=O)(=O)c1cnn(CC(=O)N2CCN(S(=O)(=O)c3ccc(F)c(Cl)c3)CC2)c1. The molecule has 1 aliphatic rings. The van der Waals surface area contributed by atoms with Gasteiger partial charge in [0.15, 0.2) is 0 Å². The van der Waals surface area contributed by atoms with Crippen LogP contribution in [0.25, 0.3) is 0 Å². The van der Waals surface area contributed by atoms with Gasteiger partial charge in [-0.3, -0.25) is 9.48 Å². The summed E-state index contributed by atoms with van der Waals surface area (Å²) in [6, 6.07) is 3.16. The quantitative estimate of drug-likeness (QED) is 0.652. The van der Waals surface area contributed by atoms with Crippen LogP contribution in [0, 0.1) is 5.82 Å². The number of sulfonamides is 2. The lowest BCUT2D eigenvalue weighted by molar-refractivity contribution is -0.133. The fourth-order valence-corrected chi connectivity index (χ4v) is 4.94. The van der Waals surface area contributed by atoms with Crippen LogP contribution in [0.2, 0.25) is 5.02 Å². The Bertz CT molecular complexity index is 1140. The van der Waals surface area contributed by atoms with Crippen molar-refractivity contribution in [2.75, 3.05) is 26.2 Å². The topological polar surface area (TPSA) is 136 Å². The van der Waals surface area contributed by atoms with Crippen molar-refractivity contribution in [1.82, 2.24) is 19.0 Å². The Morgan fingerprint density at radius 3 is 2.34 bits per heavy atom. The molecule has 2 N–H and O–H groups in total. The Labute approximate surface area is 171 Å². The summed E-state index contributed by atoms with van der Waals surface area (Å²) in [5.41, 5.74) is 0. The van der Waals surface area contributed by atoms with Crippen molar-refractivity contribution in [3.8, 4) is 0 Å². The van der Waals surface area contributed by atoms with E-state index in [-0.39, 0.29) is 53.4 Å². The van der Waals surface area contributed by atoms with E-state index >= 15 is 0 Å². The number of primary sulfonamides is 1. The normalized spacial score (nSPS) is 16.2. The van der Waals surface area contributed by atoms with Crippen molar-refractivity contribution in [2.45, 2.75) is 16.3 Å². The van der Waals surface area contributed by atoms with Gasteiger partial charge in [-0.2, -0.15) is 9.40 Å². The van der Waals surface area contributed by atoms with Crippen LogP contribution in [0.5, 0.6) is 0 Å². The smallest absolute Gasteiger partial charge is 0.244 e. The molecular formula is C15H17ClFN5O5S2. The average molecular weight is 466 g/mol. The maximum atomic E-state index is 13.3. The third kappa shape index (κ3) is 4.75. The predicted octanol–water partition coefficient (Wildman–Crippen LogP) is -0.144. The van der Waals surface area contributed by atoms with E-state index in [0.717, 1.165) is 35.3 Å². The van der Waals surface area contributed by atoms with Crippen LogP contribution in [0.1, 0.15) is 0 Å². The van der Waals surface area contributed by atoms with E-state index in [2.05, 4.69) is 5.10 Å². The van der Waals surface area contributed by atoms with Crippen LogP contribution >= 0.6 is 11.6 Å². The van der Waals surface area contributed by atoms with E-state index in [4.69, 9.17) is 16.7 Å². The first-order valence-corrected chi connectivity index (χ1v) is 11.6. The standard InChI is InChI=1S/C15H17ClFN5O5S2/c16-13-7-11(1-2-14(13)17)29(26,27)22-5-3-20(4-6-22)15(23)10-21-9-12(8-19-21)28(18,24)25/h1-2,7-9H,3-6,10H2,(H2,18,24,25). The number of piperazine rings is 1. The summed E-state index contributed by atoms with van der Waals surface area (Å²) >= 11 is 5.67. The van der Waals surface area contributed by atoms with Crippen LogP contribution in [-0.2, 0) is 31.4 Å². The minimum absolute atomic E-state index is 0.0462. The zero-order chi connectivity index (χ0) is 21.4. The number of nitrogens with two attached hydrogens (primary N) is 1. The van der Waals surface area contributed by atoms with Gasteiger partial charge in [-0.25, -0.2) is 26.4 Å². The maximum absolute atomic E-state index is 13.3. The molecule has 158 valence electrons. The van der Waals surface area contributed by atoms with Crippen LogP contribution in [0.3, 0.4) is 0 Å². The lowest BCUT2D eigenvalue weighted by atomic mass is 10.3. The number of amides is 1. The van der Waals surface area contributed by atoms with Crippen molar-refractivity contribution in [3.63, 3.8) is 0 Å². The zero-order valence-corrected chi connectivity index (χ0v) is 17.3. The predicted molar refractivity (Wildman–Crippen MR) is 100 cm³/mol. The van der Waals surface area contributed by atoms with Gasteiger partial charge in [-0.1, -0.05) is 11.6 Å². The molecule has 2 heterocycles. The van der Waals surface area contributed by atoms with Gasteiger partial charge in [0.05, 0.1) is 16.1 Å². The van der Waals surface area contributed by atoms with E-state index in [1.165, 1.54) is 9.21 Å². The second-order valence-electron chi connectivity index (χ2n) is 6.28. The number of benzene rings is 1. The number of carbonyl (C=O) groups is 1. The van der Waals surface area contributed by atoms with Crippen LogP contribution < -0.4 is 5.14 Å². The summed E-state index contributed by atoms with van der Waals surface area (Å²) in [4.78, 5) is 13.5. The van der Waals surface area contributed by atoms with Gasteiger partial charge in [-0.15, -0.1) is 0 Å².